The number of nitrogen functional groups attached to an aromatic ring is 1. The standard InChI is InChI=1S/C14H23N3O2/c1-5-17(6-2)14(18)10(3)16-11-8-7-9-12(19-4)13(11)15/h7-10,16H,5-6,15H2,1-4H3. The number of nitrogens with two attached hydrogens (primary N) is 1. The Morgan fingerprint density at radius 3 is 2.58 bits per heavy atom. The number of hydrogen-bond acceptors (Lipinski definition) is 4. The summed E-state index contributed by atoms with van der Waals surface area (Å²) in [7, 11) is 1.57. The summed E-state index contributed by atoms with van der Waals surface area (Å²) in [5.74, 6) is 0.666. The second-order valence-corrected chi connectivity index (χ2v) is 4.30. The number of benzene rings is 1. The number of amides is 1. The number of methoxy groups -OCH3 is 1. The number of carbonyl (C=O) groups is 1. The number of para-hydroxylation sites is 1. The van der Waals surface area contributed by atoms with Crippen LogP contribution in [-0.4, -0.2) is 37.0 Å². The zero-order valence-corrected chi connectivity index (χ0v) is 12.1. The molecule has 0 aliphatic heterocycles. The van der Waals surface area contributed by atoms with E-state index in [0.29, 0.717) is 30.2 Å². The summed E-state index contributed by atoms with van der Waals surface area (Å²) in [6.07, 6.45) is 0. The first-order valence-corrected chi connectivity index (χ1v) is 6.52. The van der Waals surface area contributed by atoms with E-state index in [4.69, 9.17) is 10.5 Å². The van der Waals surface area contributed by atoms with Crippen LogP contribution in [0.4, 0.5) is 11.4 Å². The number of nitrogens with zero attached hydrogens (tertiary/aromatic N) is 1. The molecule has 1 aromatic rings. The first kappa shape index (κ1) is 15.1. The lowest BCUT2D eigenvalue weighted by Crippen LogP contribution is -2.41. The van der Waals surface area contributed by atoms with Gasteiger partial charge in [0.1, 0.15) is 11.8 Å². The van der Waals surface area contributed by atoms with E-state index in [0.717, 1.165) is 0 Å². The van der Waals surface area contributed by atoms with E-state index in [9.17, 15) is 4.79 Å². The molecular formula is C14H23N3O2. The molecule has 1 unspecified atom stereocenters. The molecule has 0 saturated carbocycles. The first-order chi connectivity index (χ1) is 9.04. The Labute approximate surface area is 114 Å². The minimum Gasteiger partial charge on any atom is -0.495 e. The molecule has 1 aromatic carbocycles. The van der Waals surface area contributed by atoms with Crippen LogP contribution in [0.15, 0.2) is 18.2 Å². The van der Waals surface area contributed by atoms with Gasteiger partial charge < -0.3 is 20.7 Å². The van der Waals surface area contributed by atoms with Crippen molar-refractivity contribution in [2.75, 3.05) is 31.2 Å². The number of rotatable bonds is 6. The number of ether oxygens (including phenoxy) is 1. The van der Waals surface area contributed by atoms with E-state index in [1.807, 2.05) is 32.9 Å². The van der Waals surface area contributed by atoms with Gasteiger partial charge in [-0.2, -0.15) is 0 Å². The van der Waals surface area contributed by atoms with Gasteiger partial charge in [-0.25, -0.2) is 0 Å². The van der Waals surface area contributed by atoms with Gasteiger partial charge in [-0.15, -0.1) is 0 Å². The average Bonchev–Trinajstić information content (AvgIpc) is 2.42. The van der Waals surface area contributed by atoms with E-state index < -0.39 is 0 Å². The molecule has 19 heavy (non-hydrogen) atoms. The van der Waals surface area contributed by atoms with Gasteiger partial charge in [0.05, 0.1) is 18.5 Å². The van der Waals surface area contributed by atoms with Crippen molar-refractivity contribution < 1.29 is 9.53 Å². The quantitative estimate of drug-likeness (QED) is 0.771. The predicted octanol–water partition coefficient (Wildman–Crippen LogP) is 1.95. The molecule has 0 aliphatic carbocycles. The molecule has 1 atom stereocenters. The lowest BCUT2D eigenvalue weighted by molar-refractivity contribution is -0.131. The van der Waals surface area contributed by atoms with Gasteiger partial charge in [-0.05, 0) is 32.9 Å². The third-order valence-electron chi connectivity index (χ3n) is 3.10. The predicted molar refractivity (Wildman–Crippen MR) is 78.4 cm³/mol. The number of likely N-dealkylation sites (N-methyl/N-ethyl adjacent to an activating group) is 1. The fraction of sp³-hybridized carbons (Fsp3) is 0.500. The van der Waals surface area contributed by atoms with Crippen molar-refractivity contribution in [3.63, 3.8) is 0 Å². The van der Waals surface area contributed by atoms with Crippen molar-refractivity contribution in [3.05, 3.63) is 18.2 Å². The van der Waals surface area contributed by atoms with Crippen molar-refractivity contribution in [2.45, 2.75) is 26.8 Å². The van der Waals surface area contributed by atoms with Crippen LogP contribution in [0.3, 0.4) is 0 Å². The number of nitrogens with one attached hydrogen (secondary N) is 1. The molecule has 5 heteroatoms. The molecule has 1 amide bonds. The number of carbonyl (C=O) groups excluding carboxylic acids is 1. The molecule has 0 heterocycles. The van der Waals surface area contributed by atoms with Gasteiger partial charge in [0, 0.05) is 13.1 Å². The molecule has 0 aromatic heterocycles. The molecule has 0 bridgehead atoms. The fourth-order valence-corrected chi connectivity index (χ4v) is 1.95. The minimum atomic E-state index is -0.325. The molecule has 3 N–H and O–H groups in total. The van der Waals surface area contributed by atoms with Crippen LogP contribution in [0.1, 0.15) is 20.8 Å². The Bertz CT molecular complexity index is 431. The largest absolute Gasteiger partial charge is 0.495 e. The van der Waals surface area contributed by atoms with Crippen LogP contribution in [0, 0.1) is 0 Å². The monoisotopic (exact) mass is 265 g/mol. The molecule has 5 nitrogen and oxygen atoms in total. The normalized spacial score (nSPS) is 11.8. The molecule has 0 aliphatic rings. The van der Waals surface area contributed by atoms with Gasteiger partial charge >= 0.3 is 0 Å². The highest BCUT2D eigenvalue weighted by atomic mass is 16.5. The van der Waals surface area contributed by atoms with Crippen LogP contribution in [-0.2, 0) is 4.79 Å². The minimum absolute atomic E-state index is 0.0622. The van der Waals surface area contributed by atoms with Crippen LogP contribution in [0.2, 0.25) is 0 Å². The number of anilines is 2. The molecule has 0 spiro atoms. The third kappa shape index (κ3) is 3.53. The number of hydrogen-bond donors (Lipinski definition) is 2. The Hall–Kier alpha value is -1.91. The maximum Gasteiger partial charge on any atom is 0.244 e. The summed E-state index contributed by atoms with van der Waals surface area (Å²) in [4.78, 5) is 14.0. The summed E-state index contributed by atoms with van der Waals surface area (Å²) in [5, 5.41) is 3.14. The smallest absolute Gasteiger partial charge is 0.244 e. The second kappa shape index (κ2) is 6.87. The van der Waals surface area contributed by atoms with Crippen LogP contribution < -0.4 is 15.8 Å². The van der Waals surface area contributed by atoms with Crippen LogP contribution >= 0.6 is 0 Å². The van der Waals surface area contributed by atoms with E-state index in [2.05, 4.69) is 5.32 Å². The van der Waals surface area contributed by atoms with Crippen molar-refractivity contribution >= 4 is 17.3 Å². The van der Waals surface area contributed by atoms with E-state index in [1.165, 1.54) is 0 Å². The molecule has 1 rings (SSSR count). The Morgan fingerprint density at radius 2 is 2.05 bits per heavy atom. The maximum atomic E-state index is 12.2. The Kier molecular flexibility index (Phi) is 5.48. The molecule has 0 fully saturated rings. The summed E-state index contributed by atoms with van der Waals surface area (Å²) in [5.41, 5.74) is 7.20. The molecule has 0 radical (unpaired) electrons. The Balaban J connectivity index is 2.82. The third-order valence-corrected chi connectivity index (χ3v) is 3.10. The van der Waals surface area contributed by atoms with Crippen molar-refractivity contribution in [1.29, 1.82) is 0 Å². The first-order valence-electron chi connectivity index (χ1n) is 6.52. The maximum absolute atomic E-state index is 12.2. The SMILES string of the molecule is CCN(CC)C(=O)C(C)Nc1cccc(OC)c1N. The molecular weight excluding hydrogens is 242 g/mol. The summed E-state index contributed by atoms with van der Waals surface area (Å²) in [6.45, 7) is 7.17. The zero-order valence-electron chi connectivity index (χ0n) is 12.1. The summed E-state index contributed by atoms with van der Waals surface area (Å²) in [6, 6.07) is 5.14. The highest BCUT2D eigenvalue weighted by Gasteiger charge is 2.19. The van der Waals surface area contributed by atoms with Crippen LogP contribution in [0.25, 0.3) is 0 Å². The summed E-state index contributed by atoms with van der Waals surface area (Å²) < 4.78 is 5.16. The van der Waals surface area contributed by atoms with E-state index in [-0.39, 0.29) is 11.9 Å². The molecule has 106 valence electrons. The van der Waals surface area contributed by atoms with Gasteiger partial charge in [0.2, 0.25) is 5.91 Å². The van der Waals surface area contributed by atoms with Gasteiger partial charge in [-0.3, -0.25) is 4.79 Å². The lowest BCUT2D eigenvalue weighted by atomic mass is 10.2. The summed E-state index contributed by atoms with van der Waals surface area (Å²) >= 11 is 0. The Morgan fingerprint density at radius 1 is 1.42 bits per heavy atom. The zero-order chi connectivity index (χ0) is 14.4. The van der Waals surface area contributed by atoms with E-state index >= 15 is 0 Å². The lowest BCUT2D eigenvalue weighted by Gasteiger charge is -2.24. The van der Waals surface area contributed by atoms with Crippen molar-refractivity contribution in [2.24, 2.45) is 0 Å². The topological polar surface area (TPSA) is 67.6 Å². The molecule has 0 saturated heterocycles. The average molecular weight is 265 g/mol. The van der Waals surface area contributed by atoms with Gasteiger partial charge in [0.15, 0.2) is 0 Å². The fourth-order valence-electron chi connectivity index (χ4n) is 1.95. The highest BCUT2D eigenvalue weighted by molar-refractivity contribution is 5.86. The van der Waals surface area contributed by atoms with Gasteiger partial charge in [0.25, 0.3) is 0 Å². The van der Waals surface area contributed by atoms with Gasteiger partial charge in [-0.1, -0.05) is 6.07 Å². The van der Waals surface area contributed by atoms with Crippen LogP contribution in [0.5, 0.6) is 5.75 Å². The van der Waals surface area contributed by atoms with E-state index in [1.54, 1.807) is 18.1 Å². The second-order valence-electron chi connectivity index (χ2n) is 4.30. The van der Waals surface area contributed by atoms with Crippen molar-refractivity contribution in [1.82, 2.24) is 4.90 Å². The highest BCUT2D eigenvalue weighted by Crippen LogP contribution is 2.29. The van der Waals surface area contributed by atoms with Crippen molar-refractivity contribution in [3.8, 4) is 5.75 Å².